The fraction of sp³-hybridized carbons (Fsp3) is 0.318. The molecule has 0 bridgehead atoms. The van der Waals surface area contributed by atoms with E-state index in [1.165, 1.54) is 83.0 Å². The fourth-order valence-corrected chi connectivity index (χ4v) is 15.3. The van der Waals surface area contributed by atoms with Gasteiger partial charge in [0.25, 0.3) is 0 Å². The van der Waals surface area contributed by atoms with Crippen molar-refractivity contribution in [2.45, 2.75) is 172 Å². The molecule has 13 nitrogen and oxygen atoms in total. The zero-order valence-electron chi connectivity index (χ0n) is 78.6. The minimum atomic E-state index is -0.0865. The molecule has 0 atom stereocenters. The third-order valence-corrected chi connectivity index (χ3v) is 20.8. The predicted molar refractivity (Wildman–Crippen MR) is 519 cm³/mol. The highest BCUT2D eigenvalue weighted by Gasteiger charge is 2.57. The molecule has 14 aromatic rings. The number of hydrogen-bond acceptors (Lipinski definition) is 12. The third kappa shape index (κ3) is 26.5. The van der Waals surface area contributed by atoms with Gasteiger partial charge in [0.05, 0.1) is 74.0 Å². The Balaban J connectivity index is 0.000000261. The van der Waals surface area contributed by atoms with Crippen molar-refractivity contribution in [1.29, 1.82) is 0 Å². The molecule has 13 heteroatoms. The maximum Gasteiger partial charge on any atom is 0.161 e. The molecule has 0 radical (unpaired) electrons. The van der Waals surface area contributed by atoms with Crippen LogP contribution in [-0.2, 0) is 44.3 Å². The number of pyridine rings is 3. The normalized spacial score (nSPS) is 12.0. The summed E-state index contributed by atoms with van der Waals surface area (Å²) < 4.78 is 50.6. The van der Waals surface area contributed by atoms with E-state index in [4.69, 9.17) is 42.6 Å². The van der Waals surface area contributed by atoms with Crippen LogP contribution in [0.1, 0.15) is 182 Å². The first kappa shape index (κ1) is 102. The zero-order chi connectivity index (χ0) is 90.6. The van der Waals surface area contributed by atoms with Gasteiger partial charge in [0.15, 0.2) is 23.0 Å². The molecular formula is C110H138N4O9. The van der Waals surface area contributed by atoms with Crippen LogP contribution in [0.5, 0.6) is 40.2 Å². The third-order valence-electron chi connectivity index (χ3n) is 20.8. The lowest BCUT2D eigenvalue weighted by Crippen LogP contribution is -2.27. The van der Waals surface area contributed by atoms with Gasteiger partial charge in [-0.3, -0.25) is 15.0 Å². The Labute approximate surface area is 737 Å². The van der Waals surface area contributed by atoms with Gasteiger partial charge in [-0.15, -0.1) is 0 Å². The highest BCUT2D eigenvalue weighted by atomic mass is 16.5. The maximum absolute atomic E-state index is 5.68. The molecule has 16 rings (SSSR count). The predicted octanol–water partition coefficient (Wildman–Crippen LogP) is 28.9. The molecule has 0 N–H and O–H groups in total. The van der Waals surface area contributed by atoms with Crippen molar-refractivity contribution < 1.29 is 42.6 Å². The van der Waals surface area contributed by atoms with Gasteiger partial charge in [-0.25, -0.2) is 0 Å². The van der Waals surface area contributed by atoms with E-state index in [-0.39, 0.29) is 21.7 Å². The fourth-order valence-electron chi connectivity index (χ4n) is 15.3. The van der Waals surface area contributed by atoms with Crippen LogP contribution >= 0.6 is 0 Å². The number of benzene rings is 10. The molecule has 123 heavy (non-hydrogen) atoms. The van der Waals surface area contributed by atoms with E-state index in [1.807, 2.05) is 193 Å². The van der Waals surface area contributed by atoms with Gasteiger partial charge in [0, 0.05) is 89.8 Å². The summed E-state index contributed by atoms with van der Waals surface area (Å²) in [5.41, 5.74) is 20.8. The second-order valence-electron chi connectivity index (χ2n) is 29.2. The summed E-state index contributed by atoms with van der Waals surface area (Å²) in [6.45, 7) is 39.1. The smallest absolute Gasteiger partial charge is 0.161 e. The van der Waals surface area contributed by atoms with Crippen LogP contribution in [0, 0.1) is 0 Å². The van der Waals surface area contributed by atoms with E-state index in [0.29, 0.717) is 13.2 Å². The minimum absolute atomic E-state index is 0.0275. The van der Waals surface area contributed by atoms with Crippen LogP contribution in [0.15, 0.2) is 298 Å². The first-order chi connectivity index (χ1) is 59.8. The molecule has 0 amide bonds. The lowest BCUT2D eigenvalue weighted by molar-refractivity contribution is 0.180. The zero-order valence-corrected chi connectivity index (χ0v) is 78.6. The number of ether oxygens (including phenoxy) is 9. The Morgan fingerprint density at radius 1 is 0.301 bits per heavy atom. The van der Waals surface area contributed by atoms with Crippen molar-refractivity contribution in [1.82, 2.24) is 19.5 Å². The van der Waals surface area contributed by atoms with Crippen LogP contribution in [0.3, 0.4) is 0 Å². The van der Waals surface area contributed by atoms with Crippen molar-refractivity contribution >= 4 is 21.8 Å². The summed E-state index contributed by atoms with van der Waals surface area (Å²) >= 11 is 0. The Kier molecular flexibility index (Phi) is 43.2. The monoisotopic (exact) mass is 1660 g/mol. The van der Waals surface area contributed by atoms with Crippen LogP contribution in [0.4, 0.5) is 0 Å². The van der Waals surface area contributed by atoms with Crippen LogP contribution < -0.4 is 33.2 Å². The molecule has 10 aromatic carbocycles. The molecular weight excluding hydrogens is 1520 g/mol. The van der Waals surface area contributed by atoms with Gasteiger partial charge in [-0.05, 0) is 200 Å². The highest BCUT2D eigenvalue weighted by Crippen LogP contribution is 2.65. The van der Waals surface area contributed by atoms with Gasteiger partial charge in [0.1, 0.15) is 17.2 Å². The number of methoxy groups -OCH3 is 9. The van der Waals surface area contributed by atoms with Crippen molar-refractivity contribution in [2.24, 2.45) is 0 Å². The van der Waals surface area contributed by atoms with E-state index >= 15 is 0 Å². The van der Waals surface area contributed by atoms with Crippen molar-refractivity contribution in [3.63, 3.8) is 0 Å². The maximum atomic E-state index is 5.68. The average molecular weight is 1660 g/mol. The van der Waals surface area contributed by atoms with E-state index in [0.717, 1.165) is 75.5 Å². The first-order valence-electron chi connectivity index (χ1n) is 43.2. The Bertz CT molecular complexity index is 4990. The second-order valence-corrected chi connectivity index (χ2v) is 29.2. The average Bonchev–Trinajstić information content (AvgIpc) is 1.52. The molecule has 4 aromatic heterocycles. The second kappa shape index (κ2) is 52.3. The molecule has 0 saturated heterocycles. The van der Waals surface area contributed by atoms with Crippen LogP contribution in [0.2, 0.25) is 0 Å². The summed E-state index contributed by atoms with van der Waals surface area (Å²) in [7, 11) is 15.3. The Morgan fingerprint density at radius 2 is 0.610 bits per heavy atom. The molecule has 2 aliphatic carbocycles. The molecule has 2 aliphatic rings. The first-order valence-corrected chi connectivity index (χ1v) is 43.2. The van der Waals surface area contributed by atoms with E-state index in [2.05, 4.69) is 231 Å². The lowest BCUT2D eigenvalue weighted by atomic mass is 9.72. The summed E-state index contributed by atoms with van der Waals surface area (Å²) in [5.74, 6) is 5.80. The molecule has 0 saturated carbocycles. The largest absolute Gasteiger partial charge is 0.497 e. The summed E-state index contributed by atoms with van der Waals surface area (Å²) in [4.78, 5) is 12.4. The Morgan fingerprint density at radius 3 is 0.943 bits per heavy atom. The van der Waals surface area contributed by atoms with Gasteiger partial charge in [-0.1, -0.05) is 276 Å². The summed E-state index contributed by atoms with van der Waals surface area (Å²) in [6.07, 6.45) is 13.1. The van der Waals surface area contributed by atoms with Gasteiger partial charge < -0.3 is 47.2 Å². The molecule has 1 spiro atoms. The lowest BCUT2D eigenvalue weighted by Gasteiger charge is -2.30. The number of hydrogen-bond donors (Lipinski definition) is 0. The number of fused-ring (bicyclic) bond motifs is 7. The molecule has 4 heterocycles. The minimum Gasteiger partial charge on any atom is -0.497 e. The van der Waals surface area contributed by atoms with Gasteiger partial charge in [0.2, 0.25) is 0 Å². The van der Waals surface area contributed by atoms with E-state index < -0.39 is 0 Å². The van der Waals surface area contributed by atoms with Crippen molar-refractivity contribution in [3.05, 3.63) is 343 Å². The van der Waals surface area contributed by atoms with E-state index in [1.54, 1.807) is 82.6 Å². The number of nitrogens with zero attached hydrogens (tertiary/aromatic N) is 4. The SMILES string of the molecule is CC.CC.CC.CC.CC.CC.COCc1cccc(COC)c1.COc1cc2c(cc1OC)C1(CC2(C)C)CC(C)(C)c2cc(OC)c(OC)cc21.COc1ccc(-n2c3ccccc3c3ccccc32)cc1.COc1ccc(C(C)(C)c2ccc(OC)cc2)cc1.c1ccc(-c2cccnc2)cc1.c1cncc(-c2cccc(-c3cccnc3)c2)c1. The van der Waals surface area contributed by atoms with Crippen LogP contribution in [0.25, 0.3) is 60.9 Å². The van der Waals surface area contributed by atoms with Crippen LogP contribution in [-0.4, -0.2) is 83.5 Å². The topological polar surface area (TPSA) is 127 Å². The molecule has 0 fully saturated rings. The van der Waals surface area contributed by atoms with Crippen molar-refractivity contribution in [3.8, 4) is 79.3 Å². The molecule has 652 valence electrons. The molecule has 0 aliphatic heterocycles. The number of rotatable bonds is 17. The van der Waals surface area contributed by atoms with Gasteiger partial charge >= 0.3 is 0 Å². The summed E-state index contributed by atoms with van der Waals surface area (Å²) in [5, 5.41) is 2.56. The number of aromatic nitrogens is 4. The summed E-state index contributed by atoms with van der Waals surface area (Å²) in [6, 6.07) is 89.3. The van der Waals surface area contributed by atoms with Gasteiger partial charge in [-0.2, -0.15) is 0 Å². The standard InChI is InChI=1S/C25H32O4.C19H15NO.C17H20O2.C16H12N2.C11H9N.C10H14O2.6C2H6/c1-23(2)13-25(17-11-21(28-7)19(26-5)9-15(17)23)14-24(3,4)16-10-20(27-6)22(29-8)12-18(16)25;1-21-15-12-10-14(11-13-15)20-18-8-4-2-6-16(18)17-7-3-5-9-19(17)20;1-17(2,13-5-9-15(18-3)10-6-13)14-7-11-16(19-4)12-8-14;1-4-13(15-6-2-8-17-11-15)10-14(5-1)16-7-3-9-18-12-16;1-2-5-10(6-3-1)11-7-4-8-12-9-11;1-11-7-9-4-3-5-10(6-9)8-12-2;6*1-2/h9-12H,13-14H2,1-8H3;2-13H,1H3;5-12H,1-4H3;1-12H;1-9H;3-6H,7-8H2,1-2H3;6*1-2H3. The quantitative estimate of drug-likeness (QED) is 0.0861. The highest BCUT2D eigenvalue weighted by molar-refractivity contribution is 6.09. The van der Waals surface area contributed by atoms with E-state index in [9.17, 15) is 0 Å². The number of para-hydroxylation sites is 2. The Hall–Kier alpha value is -12.0. The van der Waals surface area contributed by atoms with Crippen molar-refractivity contribution in [2.75, 3.05) is 64.0 Å². The molecule has 0 unspecified atom stereocenters.